The largest absolute Gasteiger partial charge is 0.369 e. The van der Waals surface area contributed by atoms with Crippen molar-refractivity contribution in [1.29, 1.82) is 0 Å². The van der Waals surface area contributed by atoms with Crippen molar-refractivity contribution < 1.29 is 4.74 Å². The van der Waals surface area contributed by atoms with Gasteiger partial charge in [-0.15, -0.1) is 0 Å². The third-order valence-electron chi connectivity index (χ3n) is 2.40. The van der Waals surface area contributed by atoms with Gasteiger partial charge in [0.2, 0.25) is 0 Å². The number of nitrogens with one attached hydrogen (secondary N) is 1. The number of hydrogen-bond acceptors (Lipinski definition) is 2. The molecule has 2 saturated heterocycles. The molecule has 0 aliphatic carbocycles. The molecule has 2 aliphatic heterocycles. The molecule has 0 aromatic heterocycles. The number of morpholine rings is 1. The maximum atomic E-state index is 5.69. The van der Waals surface area contributed by atoms with Gasteiger partial charge in [-0.05, 0) is 20.3 Å². The van der Waals surface area contributed by atoms with Crippen LogP contribution in [-0.4, -0.2) is 24.3 Å². The van der Waals surface area contributed by atoms with Gasteiger partial charge in [-0.25, -0.2) is 0 Å². The number of fused-ring (bicyclic) bond motifs is 2. The van der Waals surface area contributed by atoms with Crippen molar-refractivity contribution in [2.75, 3.05) is 6.54 Å². The Morgan fingerprint density at radius 3 is 2.56 bits per heavy atom. The third-order valence-corrected chi connectivity index (χ3v) is 2.40. The van der Waals surface area contributed by atoms with Crippen LogP contribution < -0.4 is 5.32 Å². The zero-order valence-corrected chi connectivity index (χ0v) is 5.98. The summed E-state index contributed by atoms with van der Waals surface area (Å²) in [5.74, 6) is 0. The minimum atomic E-state index is 0.100. The third kappa shape index (κ3) is 0.700. The zero-order chi connectivity index (χ0) is 6.48. The van der Waals surface area contributed by atoms with Crippen molar-refractivity contribution in [2.45, 2.75) is 38.0 Å². The molecule has 2 bridgehead atoms. The average Bonchev–Trinajstić information content (AvgIpc) is 2.19. The highest BCUT2D eigenvalue weighted by Crippen LogP contribution is 2.33. The first-order valence-electron chi connectivity index (χ1n) is 3.60. The fraction of sp³-hybridized carbons (Fsp3) is 1.00. The molecule has 2 fully saturated rings. The number of hydrogen-bond donors (Lipinski definition) is 1. The molecule has 2 heteroatoms. The summed E-state index contributed by atoms with van der Waals surface area (Å²) in [6.07, 6.45) is 1.72. The van der Waals surface area contributed by atoms with E-state index in [9.17, 15) is 0 Å². The maximum Gasteiger partial charge on any atom is 0.0784 e. The van der Waals surface area contributed by atoms with E-state index in [1.54, 1.807) is 0 Å². The summed E-state index contributed by atoms with van der Waals surface area (Å²) in [5.41, 5.74) is 0.100. The first-order chi connectivity index (χ1) is 4.18. The van der Waals surface area contributed by atoms with Gasteiger partial charge in [0.05, 0.1) is 11.7 Å². The Morgan fingerprint density at radius 1 is 1.56 bits per heavy atom. The second kappa shape index (κ2) is 1.50. The summed E-state index contributed by atoms with van der Waals surface area (Å²) >= 11 is 0. The molecular weight excluding hydrogens is 114 g/mol. The highest BCUT2D eigenvalue weighted by Gasteiger charge is 2.45. The lowest BCUT2D eigenvalue weighted by Gasteiger charge is -2.30. The smallest absolute Gasteiger partial charge is 0.0784 e. The van der Waals surface area contributed by atoms with Gasteiger partial charge in [0.25, 0.3) is 0 Å². The van der Waals surface area contributed by atoms with E-state index in [1.165, 1.54) is 6.42 Å². The molecule has 0 aromatic rings. The number of rotatable bonds is 0. The quantitative estimate of drug-likeness (QED) is 0.512. The summed E-state index contributed by atoms with van der Waals surface area (Å²) in [4.78, 5) is 0. The summed E-state index contributed by atoms with van der Waals surface area (Å²) in [6, 6.07) is 0.613. The molecule has 0 spiro atoms. The van der Waals surface area contributed by atoms with Gasteiger partial charge < -0.3 is 10.1 Å². The van der Waals surface area contributed by atoms with E-state index in [-0.39, 0.29) is 5.60 Å². The summed E-state index contributed by atoms with van der Waals surface area (Å²) in [7, 11) is 0. The molecule has 0 saturated carbocycles. The molecule has 2 rings (SSSR count). The summed E-state index contributed by atoms with van der Waals surface area (Å²) in [5, 5.41) is 3.42. The predicted octanol–water partition coefficient (Wildman–Crippen LogP) is 0.526. The van der Waals surface area contributed by atoms with Crippen molar-refractivity contribution >= 4 is 0 Å². The van der Waals surface area contributed by atoms with Crippen molar-refractivity contribution in [3.63, 3.8) is 0 Å². The highest BCUT2D eigenvalue weighted by atomic mass is 16.5. The zero-order valence-electron chi connectivity index (χ0n) is 5.98. The van der Waals surface area contributed by atoms with Crippen LogP contribution in [0, 0.1) is 0 Å². The Hall–Kier alpha value is -0.0800. The maximum absolute atomic E-state index is 5.69. The van der Waals surface area contributed by atoms with Crippen molar-refractivity contribution in [3.8, 4) is 0 Å². The van der Waals surface area contributed by atoms with Gasteiger partial charge in [0, 0.05) is 12.6 Å². The van der Waals surface area contributed by atoms with E-state index in [4.69, 9.17) is 4.74 Å². The van der Waals surface area contributed by atoms with Crippen LogP contribution in [0.5, 0.6) is 0 Å². The molecule has 2 heterocycles. The van der Waals surface area contributed by atoms with E-state index in [2.05, 4.69) is 19.2 Å². The Labute approximate surface area is 55.6 Å². The standard InChI is InChI=1S/C7H13NO/c1-7(2)6-3-5(9-7)4-8-6/h5-6,8H,3-4H2,1-2H3/t5-,6+/m1/s1. The first-order valence-corrected chi connectivity index (χ1v) is 3.60. The molecule has 9 heavy (non-hydrogen) atoms. The molecule has 0 radical (unpaired) electrons. The fourth-order valence-corrected chi connectivity index (χ4v) is 1.83. The molecule has 2 nitrogen and oxygen atoms in total. The van der Waals surface area contributed by atoms with Gasteiger partial charge in [0.15, 0.2) is 0 Å². The van der Waals surface area contributed by atoms with Crippen molar-refractivity contribution in [3.05, 3.63) is 0 Å². The molecule has 2 aliphatic rings. The molecule has 0 aromatic carbocycles. The lowest BCUT2D eigenvalue weighted by Crippen LogP contribution is -2.46. The van der Waals surface area contributed by atoms with E-state index < -0.39 is 0 Å². The van der Waals surface area contributed by atoms with Crippen LogP contribution >= 0.6 is 0 Å². The van der Waals surface area contributed by atoms with Crippen molar-refractivity contribution in [1.82, 2.24) is 5.32 Å². The molecule has 0 amide bonds. The van der Waals surface area contributed by atoms with Crippen LogP contribution in [-0.2, 0) is 4.74 Å². The fourth-order valence-electron chi connectivity index (χ4n) is 1.83. The van der Waals surface area contributed by atoms with Crippen LogP contribution in [0.4, 0.5) is 0 Å². The topological polar surface area (TPSA) is 21.3 Å². The van der Waals surface area contributed by atoms with Crippen LogP contribution in [0.15, 0.2) is 0 Å². The van der Waals surface area contributed by atoms with E-state index in [1.807, 2.05) is 0 Å². The molecule has 0 unspecified atom stereocenters. The Bertz CT molecular complexity index is 133. The van der Waals surface area contributed by atoms with Gasteiger partial charge in [-0.1, -0.05) is 0 Å². The first kappa shape index (κ1) is 5.69. The van der Waals surface area contributed by atoms with Gasteiger partial charge in [-0.3, -0.25) is 0 Å². The molecule has 1 N–H and O–H groups in total. The lowest BCUT2D eigenvalue weighted by atomic mass is 10.0. The second-order valence-corrected chi connectivity index (χ2v) is 3.54. The second-order valence-electron chi connectivity index (χ2n) is 3.54. The Balaban J connectivity index is 2.18. The normalized spacial score (nSPS) is 46.0. The Morgan fingerprint density at radius 2 is 2.33 bits per heavy atom. The monoisotopic (exact) mass is 127 g/mol. The highest BCUT2D eigenvalue weighted by molar-refractivity contribution is 5.00. The van der Waals surface area contributed by atoms with Crippen LogP contribution in [0.3, 0.4) is 0 Å². The average molecular weight is 127 g/mol. The number of ether oxygens (including phenoxy) is 1. The van der Waals surface area contributed by atoms with Crippen molar-refractivity contribution in [2.24, 2.45) is 0 Å². The lowest BCUT2D eigenvalue weighted by molar-refractivity contribution is -0.0457. The SMILES string of the molecule is CC1(C)O[C@H]2CN[C@H]1C2. The van der Waals surface area contributed by atoms with Crippen LogP contribution in [0.1, 0.15) is 20.3 Å². The van der Waals surface area contributed by atoms with Gasteiger partial charge >= 0.3 is 0 Å². The molecule has 2 atom stereocenters. The predicted molar refractivity (Wildman–Crippen MR) is 35.4 cm³/mol. The van der Waals surface area contributed by atoms with Crippen LogP contribution in [0.2, 0.25) is 0 Å². The van der Waals surface area contributed by atoms with E-state index in [0.717, 1.165) is 6.54 Å². The van der Waals surface area contributed by atoms with Gasteiger partial charge in [-0.2, -0.15) is 0 Å². The van der Waals surface area contributed by atoms with Gasteiger partial charge in [0.1, 0.15) is 0 Å². The Kier molecular flexibility index (Phi) is 0.945. The minimum absolute atomic E-state index is 0.100. The molecular formula is C7H13NO. The molecule has 52 valence electrons. The minimum Gasteiger partial charge on any atom is -0.369 e. The van der Waals surface area contributed by atoms with Crippen LogP contribution in [0.25, 0.3) is 0 Å². The van der Waals surface area contributed by atoms with E-state index >= 15 is 0 Å². The summed E-state index contributed by atoms with van der Waals surface area (Å²) in [6.45, 7) is 5.38. The summed E-state index contributed by atoms with van der Waals surface area (Å²) < 4.78 is 5.69. The van der Waals surface area contributed by atoms with E-state index in [0.29, 0.717) is 12.1 Å².